The van der Waals surface area contributed by atoms with E-state index in [2.05, 4.69) is 37.6 Å². The van der Waals surface area contributed by atoms with Gasteiger partial charge in [0.25, 0.3) is 0 Å². The molecule has 0 saturated carbocycles. The maximum atomic E-state index is 14.1. The normalized spacial score (nSPS) is 28.3. The predicted molar refractivity (Wildman–Crippen MR) is 77.9 cm³/mol. The van der Waals surface area contributed by atoms with Crippen LogP contribution < -0.4 is 4.90 Å². The van der Waals surface area contributed by atoms with Crippen molar-refractivity contribution in [2.24, 2.45) is 0 Å². The maximum Gasteiger partial charge on any atom is 0.166 e. The average Bonchev–Trinajstić information content (AvgIpc) is 2.38. The zero-order valence-corrected chi connectivity index (χ0v) is 12.7. The van der Waals surface area contributed by atoms with Crippen molar-refractivity contribution in [2.45, 2.75) is 38.3 Å². The van der Waals surface area contributed by atoms with Gasteiger partial charge in [0.15, 0.2) is 11.6 Å². The fourth-order valence-electron chi connectivity index (χ4n) is 3.27. The average molecular weight is 328 g/mol. The summed E-state index contributed by atoms with van der Waals surface area (Å²) in [7, 11) is 0. The summed E-state index contributed by atoms with van der Waals surface area (Å²) in [5.74, 6) is 0.270. The second kappa shape index (κ2) is 5.37. The Balaban J connectivity index is 1.83. The first-order valence-corrected chi connectivity index (χ1v) is 7.76. The smallest absolute Gasteiger partial charge is 0.166 e. The number of rotatable bonds is 1. The number of hydrogen-bond donors (Lipinski definition) is 0. The quantitative estimate of drug-likeness (QED) is 0.790. The van der Waals surface area contributed by atoms with Gasteiger partial charge in [0.1, 0.15) is 0 Å². The lowest BCUT2D eigenvalue weighted by Crippen LogP contribution is -2.59. The zero-order chi connectivity index (χ0) is 13.4. The Morgan fingerprint density at radius 1 is 1.37 bits per heavy atom. The first-order valence-electron chi connectivity index (χ1n) is 6.97. The van der Waals surface area contributed by atoms with E-state index in [-0.39, 0.29) is 5.82 Å². The van der Waals surface area contributed by atoms with Gasteiger partial charge in [-0.15, -0.1) is 0 Å². The highest BCUT2D eigenvalue weighted by Gasteiger charge is 2.34. The summed E-state index contributed by atoms with van der Waals surface area (Å²) in [5.41, 5.74) is 0. The molecule has 0 bridgehead atoms. The fourth-order valence-corrected chi connectivity index (χ4v) is 3.57. The van der Waals surface area contributed by atoms with E-state index < -0.39 is 0 Å². The summed E-state index contributed by atoms with van der Waals surface area (Å²) in [6, 6.07) is 2.38. The van der Waals surface area contributed by atoms with Crippen LogP contribution in [0.15, 0.2) is 16.7 Å². The lowest BCUT2D eigenvalue weighted by atomic mass is 9.97. The highest BCUT2D eigenvalue weighted by Crippen LogP contribution is 2.29. The Morgan fingerprint density at radius 2 is 2.21 bits per heavy atom. The van der Waals surface area contributed by atoms with Gasteiger partial charge in [-0.05, 0) is 48.3 Å². The Morgan fingerprint density at radius 3 is 3.00 bits per heavy atom. The number of piperidine rings is 1. The molecule has 2 fully saturated rings. The number of anilines is 1. The molecule has 2 atom stereocenters. The van der Waals surface area contributed by atoms with Crippen LogP contribution in [-0.4, -0.2) is 41.6 Å². The summed E-state index contributed by atoms with van der Waals surface area (Å²) in [6.45, 7) is 5.27. The molecule has 0 aromatic carbocycles. The molecular weight excluding hydrogens is 309 g/mol. The minimum Gasteiger partial charge on any atom is -0.349 e. The van der Waals surface area contributed by atoms with Gasteiger partial charge in [0.2, 0.25) is 0 Å². The van der Waals surface area contributed by atoms with Gasteiger partial charge in [0, 0.05) is 35.8 Å². The first-order chi connectivity index (χ1) is 9.15. The van der Waals surface area contributed by atoms with Crippen molar-refractivity contribution >= 4 is 21.7 Å². The van der Waals surface area contributed by atoms with Gasteiger partial charge >= 0.3 is 0 Å². The molecule has 104 valence electrons. The Hall–Kier alpha value is -0.680. The highest BCUT2D eigenvalue weighted by molar-refractivity contribution is 9.10. The van der Waals surface area contributed by atoms with Crippen molar-refractivity contribution in [3.05, 3.63) is 22.6 Å². The number of halogens is 2. The van der Waals surface area contributed by atoms with Gasteiger partial charge in [-0.1, -0.05) is 6.42 Å². The van der Waals surface area contributed by atoms with E-state index in [1.165, 1.54) is 31.9 Å². The molecule has 1 aromatic heterocycles. The Kier molecular flexibility index (Phi) is 3.76. The topological polar surface area (TPSA) is 19.4 Å². The van der Waals surface area contributed by atoms with Crippen LogP contribution in [0.3, 0.4) is 0 Å². The molecule has 19 heavy (non-hydrogen) atoms. The molecular formula is C14H19BrFN3. The minimum atomic E-state index is -0.231. The van der Waals surface area contributed by atoms with E-state index >= 15 is 0 Å². The fraction of sp³-hybridized carbons (Fsp3) is 0.643. The molecule has 0 N–H and O–H groups in total. The molecule has 3 heterocycles. The zero-order valence-electron chi connectivity index (χ0n) is 11.1. The van der Waals surface area contributed by atoms with Crippen LogP contribution in [0, 0.1) is 5.82 Å². The van der Waals surface area contributed by atoms with Crippen molar-refractivity contribution in [3.63, 3.8) is 0 Å². The molecule has 3 rings (SSSR count). The van der Waals surface area contributed by atoms with Crippen LogP contribution in [-0.2, 0) is 0 Å². The van der Waals surface area contributed by atoms with Crippen LogP contribution >= 0.6 is 15.9 Å². The van der Waals surface area contributed by atoms with Gasteiger partial charge < -0.3 is 4.90 Å². The third-order valence-corrected chi connectivity index (χ3v) is 4.68. The number of hydrogen-bond acceptors (Lipinski definition) is 3. The third kappa shape index (κ3) is 2.63. The van der Waals surface area contributed by atoms with Crippen LogP contribution in [0.1, 0.15) is 26.2 Å². The van der Waals surface area contributed by atoms with Crippen molar-refractivity contribution in [1.82, 2.24) is 9.88 Å². The monoisotopic (exact) mass is 327 g/mol. The minimum absolute atomic E-state index is 0.231. The van der Waals surface area contributed by atoms with E-state index in [1.54, 1.807) is 6.20 Å². The lowest BCUT2D eigenvalue weighted by Gasteiger charge is -2.48. The number of pyridine rings is 1. The number of aromatic nitrogens is 1. The number of fused-ring (bicyclic) bond motifs is 1. The van der Waals surface area contributed by atoms with Gasteiger partial charge in [-0.3, -0.25) is 4.90 Å². The van der Waals surface area contributed by atoms with Crippen molar-refractivity contribution in [1.29, 1.82) is 0 Å². The van der Waals surface area contributed by atoms with Gasteiger partial charge in [-0.2, -0.15) is 0 Å². The summed E-state index contributed by atoms with van der Waals surface area (Å²) < 4.78 is 14.8. The molecule has 1 aromatic rings. The summed E-state index contributed by atoms with van der Waals surface area (Å²) in [5, 5.41) is 0. The van der Waals surface area contributed by atoms with E-state index in [4.69, 9.17) is 0 Å². The lowest BCUT2D eigenvalue weighted by molar-refractivity contribution is 0.115. The standard InChI is InChI=1S/C14H19BrFN3/c1-10-8-18-5-3-2-4-12(18)9-19(10)14-13(16)6-11(15)7-17-14/h6-7,10,12H,2-5,8-9H2,1H3. The van der Waals surface area contributed by atoms with Crippen molar-refractivity contribution in [3.8, 4) is 0 Å². The summed E-state index contributed by atoms with van der Waals surface area (Å²) in [6.07, 6.45) is 5.49. The SMILES string of the molecule is CC1CN2CCCCC2CN1c1ncc(Br)cc1F. The predicted octanol–water partition coefficient (Wildman–Crippen LogP) is 3.05. The molecule has 0 spiro atoms. The summed E-state index contributed by atoms with van der Waals surface area (Å²) >= 11 is 3.26. The third-order valence-electron chi connectivity index (χ3n) is 4.25. The molecule has 3 nitrogen and oxygen atoms in total. The number of nitrogens with zero attached hydrogens (tertiary/aromatic N) is 3. The van der Waals surface area contributed by atoms with Crippen LogP contribution in [0.5, 0.6) is 0 Å². The molecule has 5 heteroatoms. The Bertz CT molecular complexity index is 468. The maximum absolute atomic E-state index is 14.1. The van der Waals surface area contributed by atoms with E-state index in [0.29, 0.717) is 22.4 Å². The van der Waals surface area contributed by atoms with E-state index in [0.717, 1.165) is 13.1 Å². The second-order valence-corrected chi connectivity index (χ2v) is 6.52. The van der Waals surface area contributed by atoms with Crippen LogP contribution in [0.2, 0.25) is 0 Å². The first kappa shape index (κ1) is 13.3. The van der Waals surface area contributed by atoms with Crippen molar-refractivity contribution < 1.29 is 4.39 Å². The second-order valence-electron chi connectivity index (χ2n) is 5.60. The van der Waals surface area contributed by atoms with Gasteiger partial charge in [-0.25, -0.2) is 9.37 Å². The molecule has 2 unspecified atom stereocenters. The molecule has 2 aliphatic heterocycles. The molecule has 2 aliphatic rings. The van der Waals surface area contributed by atoms with Crippen LogP contribution in [0.25, 0.3) is 0 Å². The highest BCUT2D eigenvalue weighted by atomic mass is 79.9. The molecule has 0 amide bonds. The van der Waals surface area contributed by atoms with Crippen molar-refractivity contribution in [2.75, 3.05) is 24.5 Å². The largest absolute Gasteiger partial charge is 0.349 e. The number of piperazine rings is 1. The summed E-state index contributed by atoms with van der Waals surface area (Å²) in [4.78, 5) is 8.97. The van der Waals surface area contributed by atoms with Crippen LogP contribution in [0.4, 0.5) is 10.2 Å². The Labute approximate surface area is 121 Å². The van der Waals surface area contributed by atoms with Gasteiger partial charge in [0.05, 0.1) is 0 Å². The van der Waals surface area contributed by atoms with E-state index in [1.807, 2.05) is 0 Å². The molecule has 0 aliphatic carbocycles. The molecule has 0 radical (unpaired) electrons. The van der Waals surface area contributed by atoms with E-state index in [9.17, 15) is 4.39 Å². The molecule has 2 saturated heterocycles.